The molecule has 0 radical (unpaired) electrons. The zero-order valence-corrected chi connectivity index (χ0v) is 89.4. The van der Waals surface area contributed by atoms with Crippen molar-refractivity contribution in [1.29, 1.82) is 0 Å². The third-order valence-corrected chi connectivity index (χ3v) is 34.0. The van der Waals surface area contributed by atoms with Crippen molar-refractivity contribution >= 4 is 0 Å². The van der Waals surface area contributed by atoms with Crippen molar-refractivity contribution in [2.45, 2.75) is 636 Å². The largest absolute Gasteiger partial charge is 0.393 e. The molecule has 26 N–H and O–H groups in total. The quantitative estimate of drug-likeness (QED) is 0.0278. The predicted octanol–water partition coefficient (Wildman–Crippen LogP) is 5.11. The maximum atomic E-state index is 12.5. The van der Waals surface area contributed by atoms with Crippen LogP contribution in [0.4, 0.5) is 0 Å². The second kappa shape index (κ2) is 61.5. The van der Waals surface area contributed by atoms with Crippen molar-refractivity contribution < 1.29 is 190 Å². The molecule has 38 heteroatoms. The molecule has 866 valence electrons. The van der Waals surface area contributed by atoms with E-state index in [2.05, 4.69) is 27.0 Å². The number of hydrogen-bond donors (Lipinski definition) is 26. The summed E-state index contributed by atoms with van der Waals surface area (Å²) in [5, 5.41) is 297. The third-order valence-electron chi connectivity index (χ3n) is 34.0. The molecule has 0 bridgehead atoms. The number of ether oxygens (including phenoxy) is 12. The summed E-state index contributed by atoms with van der Waals surface area (Å²) < 4.78 is 77.0. The highest BCUT2D eigenvalue weighted by Gasteiger charge is 2.61. The van der Waals surface area contributed by atoms with Gasteiger partial charge in [-0.2, -0.15) is 0 Å². The van der Waals surface area contributed by atoms with Crippen molar-refractivity contribution in [2.75, 3.05) is 6.61 Å². The van der Waals surface area contributed by atoms with Crippen LogP contribution in [0.3, 0.4) is 0 Å². The molecule has 0 aliphatic carbocycles. The van der Waals surface area contributed by atoms with Gasteiger partial charge in [0.2, 0.25) is 0 Å². The molecule has 10 heterocycles. The Bertz CT molecular complexity index is 3670. The van der Waals surface area contributed by atoms with E-state index < -0.39 is 306 Å². The SMILES string of the molecule is C=CCCCCCCCCCCC[C@H](O)[C@H](O)C[C@@H]1C[C@H](O)C[C@@]2(CC[C@]3(O[C@H](C[C@@H](O)C[C@H](O)[C@H]4C[C@@H](O)[C@H](O)[C@@H](O)[C@@H](C[C@H](O)[C@@H]5O[C@@H](C[C@@H](O)CC[C@H]6C[C@@H](O)[C@@H](O)[C@@](C)(C[C@@H](O)C[C@]7(C)O[C@@H](C[C@H]8O[C@H](C[C@@H](O)CCC[C@H](C)C[C@@H](O)C[C@H](O)C[C@@H](C)CC[C@@H](C)CCCCCCCCC=C)[C@@H](O)C[C@H]8O[C@@H]8O[C@H](C)[C@@H](O)[C@H](O)[C@@H]8O)C[C@H](O)[C@@H]7O[C@@H]7OC[C@@H](O)[C@H](O)[C@H]7O)O6)C[C@H](O)[C@@H]5O)O4)CC[C@H]3C)O2)O1. The summed E-state index contributed by atoms with van der Waals surface area (Å²) in [5.41, 5.74) is -3.62. The third kappa shape index (κ3) is 38.4. The molecular weight excluding hydrogens is 1930 g/mol. The van der Waals surface area contributed by atoms with Crippen LogP contribution in [0, 0.1) is 23.7 Å². The van der Waals surface area contributed by atoms with Crippen LogP contribution in [0.5, 0.6) is 0 Å². The smallest absolute Gasteiger partial charge is 0.186 e. The highest BCUT2D eigenvalue weighted by atomic mass is 16.8. The minimum Gasteiger partial charge on any atom is -0.393 e. The van der Waals surface area contributed by atoms with Crippen LogP contribution in [-0.2, 0) is 56.8 Å². The topological polar surface area (TPSA) is 637 Å². The predicted molar refractivity (Wildman–Crippen MR) is 542 cm³/mol. The monoisotopic (exact) mass is 2130 g/mol. The Balaban J connectivity index is 0.706. The second-order valence-corrected chi connectivity index (χ2v) is 47.6. The van der Waals surface area contributed by atoms with Gasteiger partial charge in [0.25, 0.3) is 0 Å². The van der Waals surface area contributed by atoms with Crippen LogP contribution in [0.15, 0.2) is 25.3 Å². The van der Waals surface area contributed by atoms with Crippen LogP contribution < -0.4 is 0 Å². The van der Waals surface area contributed by atoms with Gasteiger partial charge in [-0.05, 0) is 141 Å². The van der Waals surface area contributed by atoms with Gasteiger partial charge in [-0.25, -0.2) is 0 Å². The lowest BCUT2D eigenvalue weighted by Crippen LogP contribution is -2.64. The molecule has 0 aromatic heterocycles. The first-order chi connectivity index (χ1) is 70.1. The molecule has 0 aromatic carbocycles. The van der Waals surface area contributed by atoms with Gasteiger partial charge in [0.1, 0.15) is 73.2 Å². The zero-order valence-electron chi connectivity index (χ0n) is 89.4. The van der Waals surface area contributed by atoms with Crippen LogP contribution in [-0.4, -0.2) is 413 Å². The van der Waals surface area contributed by atoms with Gasteiger partial charge in [-0.15, -0.1) is 13.2 Å². The average molecular weight is 2130 g/mol. The number of allylic oxidation sites excluding steroid dienone is 2. The van der Waals surface area contributed by atoms with Crippen LogP contribution in [0.1, 0.15) is 363 Å². The van der Waals surface area contributed by atoms with Crippen molar-refractivity contribution in [2.24, 2.45) is 23.7 Å². The summed E-state index contributed by atoms with van der Waals surface area (Å²) in [4.78, 5) is 0. The molecule has 0 aromatic rings. The van der Waals surface area contributed by atoms with Crippen molar-refractivity contribution in [3.05, 3.63) is 25.3 Å². The normalized spacial score (nSPS) is 40.9. The van der Waals surface area contributed by atoms with Gasteiger partial charge in [0.15, 0.2) is 24.2 Å². The molecule has 49 atom stereocenters. The van der Waals surface area contributed by atoms with Crippen LogP contribution in [0.2, 0.25) is 0 Å². The van der Waals surface area contributed by atoms with Gasteiger partial charge in [0, 0.05) is 102 Å². The van der Waals surface area contributed by atoms with Gasteiger partial charge >= 0.3 is 0 Å². The van der Waals surface area contributed by atoms with Crippen molar-refractivity contribution in [3.63, 3.8) is 0 Å². The standard InChI is InChI=1S/C110H198O38/c1-10-12-14-16-18-20-21-22-24-26-28-33-79(118)80(119)52-77-47-72(116)60-109(146-77)40-41-110(148-109)65(6)36-38-74(147-110)46-71(115)48-81(120)90-56-84(123)95(129)98(132)93(141-90)57-85(124)102-97(131)83(122)51-76(139-102)45-68(112)37-39-75-50-86(125)103(136)107(8,144-75)58-73(117)59-108(9)104(143-105-100(134)96(130)88(127)61-137-105)87(126)53-78(145-108)54-91-92(142-106-101(135)99(133)94(128)66(7)138-106)55-82(121)89(140-91)49-67(111)32-29-31-63(4)42-69(113)44-70(114)43-64(5)35-34-62(3)30-27-25-23-19-17-15-13-11-2/h10-11,62-106,111-136H,1-2,12-61H2,3-9H3/t62-,63-,64-,65+,66+,67-,68-,69+,70+,71+,72-,73+,74-,75-,76-,77-,78+,79-,80+,81-,82-,83-,84+,85-,86+,87-,88+,89+,90+,91+,92+,93+,94+,95-,96-,97-,98-,99-,100+,101-,102-,103+,104-,105-,106-,107+,108-,109-,110-/m0/s1. The fraction of sp³-hybridized carbons (Fsp3) is 0.964. The van der Waals surface area contributed by atoms with E-state index in [9.17, 15) is 133 Å². The fourth-order valence-electron chi connectivity index (χ4n) is 25.2. The lowest BCUT2D eigenvalue weighted by atomic mass is 9.78. The van der Waals surface area contributed by atoms with E-state index in [4.69, 9.17) is 56.8 Å². The molecule has 0 unspecified atom stereocenters. The Morgan fingerprint density at radius 2 is 0.953 bits per heavy atom. The highest BCUT2D eigenvalue weighted by molar-refractivity contribution is 5.06. The maximum absolute atomic E-state index is 12.5. The molecule has 10 fully saturated rings. The first-order valence-electron chi connectivity index (χ1n) is 57.0. The number of hydrogen-bond acceptors (Lipinski definition) is 38. The Labute approximate surface area is 877 Å². The molecule has 10 rings (SSSR count). The highest BCUT2D eigenvalue weighted by Crippen LogP contribution is 2.54. The van der Waals surface area contributed by atoms with Gasteiger partial charge in [-0.3, -0.25) is 0 Å². The molecule has 0 amide bonds. The fourth-order valence-corrected chi connectivity index (χ4v) is 25.2. The summed E-state index contributed by atoms with van der Waals surface area (Å²) in [7, 11) is 0. The zero-order chi connectivity index (χ0) is 108. The van der Waals surface area contributed by atoms with E-state index in [1.165, 1.54) is 97.8 Å². The molecule has 10 saturated heterocycles. The van der Waals surface area contributed by atoms with Crippen molar-refractivity contribution in [3.8, 4) is 0 Å². The van der Waals surface area contributed by atoms with E-state index in [0.717, 1.165) is 51.4 Å². The minimum atomic E-state index is -1.88. The van der Waals surface area contributed by atoms with Gasteiger partial charge in [0.05, 0.1) is 183 Å². The van der Waals surface area contributed by atoms with Gasteiger partial charge in [-0.1, -0.05) is 155 Å². The van der Waals surface area contributed by atoms with Gasteiger partial charge < -0.3 is 190 Å². The minimum absolute atomic E-state index is 0.0167. The molecule has 10 aliphatic heterocycles. The first kappa shape index (κ1) is 128. The lowest BCUT2D eigenvalue weighted by Gasteiger charge is -2.51. The number of unbranched alkanes of at least 4 members (excludes halogenated alkanes) is 15. The number of aliphatic hydroxyl groups excluding tert-OH is 26. The number of rotatable bonds is 62. The Kier molecular flexibility index (Phi) is 53.1. The molecule has 10 aliphatic rings. The second-order valence-electron chi connectivity index (χ2n) is 47.6. The summed E-state index contributed by atoms with van der Waals surface area (Å²) >= 11 is 0. The Morgan fingerprint density at radius 3 is 1.62 bits per heavy atom. The number of aliphatic hydroxyl groups is 26. The van der Waals surface area contributed by atoms with E-state index in [0.29, 0.717) is 69.6 Å². The molecule has 38 nitrogen and oxygen atoms in total. The van der Waals surface area contributed by atoms with E-state index in [1.54, 1.807) is 0 Å². The molecule has 148 heavy (non-hydrogen) atoms. The van der Waals surface area contributed by atoms with Crippen LogP contribution >= 0.6 is 0 Å². The summed E-state index contributed by atoms with van der Waals surface area (Å²) in [6.45, 7) is 20.0. The first-order valence-corrected chi connectivity index (χ1v) is 57.0. The average Bonchev–Trinajstić information content (AvgIpc) is 1.49. The summed E-state index contributed by atoms with van der Waals surface area (Å²) in [6, 6.07) is 0. The summed E-state index contributed by atoms with van der Waals surface area (Å²) in [6.07, 6.45) is -26.4. The van der Waals surface area contributed by atoms with E-state index in [1.807, 2.05) is 26.0 Å². The van der Waals surface area contributed by atoms with Crippen molar-refractivity contribution in [1.82, 2.24) is 0 Å². The maximum Gasteiger partial charge on any atom is 0.186 e. The molecule has 2 spiro atoms. The van der Waals surface area contributed by atoms with E-state index in [-0.39, 0.29) is 115 Å². The lowest BCUT2D eigenvalue weighted by molar-refractivity contribution is -0.380. The molecule has 0 saturated carbocycles. The summed E-state index contributed by atoms with van der Waals surface area (Å²) in [5.74, 6) is -1.59. The van der Waals surface area contributed by atoms with Crippen LogP contribution in [0.25, 0.3) is 0 Å². The molecular formula is C110H198O38. The Hall–Kier alpha value is -2.04. The van der Waals surface area contributed by atoms with E-state index >= 15 is 0 Å². The Morgan fingerprint density at radius 1 is 0.378 bits per heavy atom.